The fourth-order valence-corrected chi connectivity index (χ4v) is 2.75. The molecule has 0 aliphatic carbocycles. The fraction of sp³-hybridized carbons (Fsp3) is 0.357. The van der Waals surface area contributed by atoms with E-state index in [9.17, 15) is 4.79 Å². The van der Waals surface area contributed by atoms with Gasteiger partial charge < -0.3 is 9.72 Å². The van der Waals surface area contributed by atoms with E-state index in [2.05, 4.69) is 15.0 Å². The number of hydrogen-bond donors (Lipinski definition) is 0. The van der Waals surface area contributed by atoms with E-state index in [4.69, 9.17) is 10.3 Å². The standard InChI is InChI=1S/C14H16N5O2S/c1-14(2,3)21-13(20)19-11(8-17-18-15)9-22-12(19)10-5-4-6-16-7-10/h4-7,9H,8H2,1-3H3/q-1. The maximum atomic E-state index is 12.5. The molecular weight excluding hydrogens is 302 g/mol. The summed E-state index contributed by atoms with van der Waals surface area (Å²) in [7, 11) is 0. The first-order valence-corrected chi connectivity index (χ1v) is 7.47. The molecule has 22 heavy (non-hydrogen) atoms. The minimum atomic E-state index is -0.617. The van der Waals surface area contributed by atoms with Crippen LogP contribution in [0.25, 0.3) is 10.4 Å². The first kappa shape index (κ1) is 16.1. The fourth-order valence-electron chi connectivity index (χ4n) is 1.77. The van der Waals surface area contributed by atoms with E-state index in [1.54, 1.807) is 44.6 Å². The van der Waals surface area contributed by atoms with Crippen molar-refractivity contribution in [1.82, 2.24) is 9.88 Å². The summed E-state index contributed by atoms with van der Waals surface area (Å²) < 4.78 is 5.44. The van der Waals surface area contributed by atoms with Crippen molar-refractivity contribution >= 4 is 17.9 Å². The van der Waals surface area contributed by atoms with Crippen molar-refractivity contribution in [3.63, 3.8) is 0 Å². The van der Waals surface area contributed by atoms with Gasteiger partial charge in [0, 0.05) is 10.6 Å². The molecule has 0 fully saturated rings. The van der Waals surface area contributed by atoms with Gasteiger partial charge in [0.15, 0.2) is 0 Å². The van der Waals surface area contributed by atoms with Gasteiger partial charge in [-0.2, -0.15) is 6.07 Å². The normalized spacial score (nSPS) is 14.4. The highest BCUT2D eigenvalue weighted by atomic mass is 32.2. The van der Waals surface area contributed by atoms with Crippen LogP contribution in [0.2, 0.25) is 0 Å². The van der Waals surface area contributed by atoms with Crippen molar-refractivity contribution in [2.45, 2.75) is 26.4 Å². The summed E-state index contributed by atoms with van der Waals surface area (Å²) in [5.74, 6) is 0. The second-order valence-electron chi connectivity index (χ2n) is 5.48. The number of hydrogen-bond acceptors (Lipinski definition) is 5. The van der Waals surface area contributed by atoms with Crippen molar-refractivity contribution in [2.75, 3.05) is 6.54 Å². The Kier molecular flexibility index (Phi) is 4.85. The average molecular weight is 318 g/mol. The topological polar surface area (TPSA) is 91.2 Å². The molecule has 7 nitrogen and oxygen atoms in total. The number of nitrogens with zero attached hydrogens (tertiary/aromatic N) is 5. The second kappa shape index (κ2) is 6.64. The zero-order chi connectivity index (χ0) is 16.2. The smallest absolute Gasteiger partial charge is 0.408 e. The summed E-state index contributed by atoms with van der Waals surface area (Å²) in [5.41, 5.74) is 9.25. The van der Waals surface area contributed by atoms with Gasteiger partial charge in [-0.05, 0) is 43.3 Å². The summed E-state index contributed by atoms with van der Waals surface area (Å²) in [6.07, 6.45) is 2.83. The number of aromatic nitrogens is 1. The predicted molar refractivity (Wildman–Crippen MR) is 84.3 cm³/mol. The van der Waals surface area contributed by atoms with E-state index in [1.165, 1.54) is 16.7 Å². The molecule has 0 unspecified atom stereocenters. The number of carbonyl (C=O) groups excluding carboxylic acids is 1. The molecule has 116 valence electrons. The van der Waals surface area contributed by atoms with Crippen LogP contribution in [-0.2, 0) is 4.74 Å². The Morgan fingerprint density at radius 3 is 2.95 bits per heavy atom. The molecule has 0 N–H and O–H groups in total. The van der Waals surface area contributed by atoms with E-state index in [1.807, 2.05) is 6.07 Å². The lowest BCUT2D eigenvalue weighted by Crippen LogP contribution is -2.37. The van der Waals surface area contributed by atoms with Crippen LogP contribution in [0.4, 0.5) is 4.79 Å². The first-order valence-electron chi connectivity index (χ1n) is 6.59. The molecule has 2 heterocycles. The third-order valence-electron chi connectivity index (χ3n) is 2.58. The van der Waals surface area contributed by atoms with Gasteiger partial charge in [-0.3, -0.25) is 4.90 Å². The summed E-state index contributed by atoms with van der Waals surface area (Å²) in [6, 6.07) is 3.65. The first-order chi connectivity index (χ1) is 10.4. The quantitative estimate of drug-likeness (QED) is 0.364. The molecule has 1 aromatic rings. The number of amides is 1. The molecule has 1 amide bonds. The van der Waals surface area contributed by atoms with Crippen LogP contribution in [0.3, 0.4) is 0 Å². The van der Waals surface area contributed by atoms with E-state index in [0.717, 1.165) is 5.56 Å². The number of ether oxygens (including phenoxy) is 1. The van der Waals surface area contributed by atoms with Crippen LogP contribution < -0.4 is 0 Å². The molecule has 0 aromatic carbocycles. The van der Waals surface area contributed by atoms with Gasteiger partial charge >= 0.3 is 6.09 Å². The van der Waals surface area contributed by atoms with Gasteiger partial charge in [-0.25, -0.2) is 4.79 Å². The maximum Gasteiger partial charge on any atom is 0.408 e. The van der Waals surface area contributed by atoms with Gasteiger partial charge in [-0.1, -0.05) is 11.3 Å². The van der Waals surface area contributed by atoms with Gasteiger partial charge in [0.25, 0.3) is 0 Å². The van der Waals surface area contributed by atoms with Crippen molar-refractivity contribution < 1.29 is 9.53 Å². The van der Waals surface area contributed by atoms with E-state index in [-0.39, 0.29) is 6.54 Å². The molecule has 8 heteroatoms. The number of carbonyl (C=O) groups is 1. The van der Waals surface area contributed by atoms with Crippen LogP contribution in [0.1, 0.15) is 26.3 Å². The molecule has 0 radical (unpaired) electrons. The number of pyridine rings is 1. The Balaban J connectivity index is 2.28. The predicted octanol–water partition coefficient (Wildman–Crippen LogP) is 4.05. The molecule has 0 saturated heterocycles. The van der Waals surface area contributed by atoms with Crippen LogP contribution in [-0.4, -0.2) is 28.1 Å². The Morgan fingerprint density at radius 1 is 1.59 bits per heavy atom. The zero-order valence-corrected chi connectivity index (χ0v) is 13.4. The lowest BCUT2D eigenvalue weighted by Gasteiger charge is -2.34. The van der Waals surface area contributed by atoms with Crippen LogP contribution in [0, 0.1) is 5.37 Å². The molecular formula is C14H16N5O2S-. The molecule has 0 atom stereocenters. The minimum Gasteiger partial charge on any atom is -0.444 e. The summed E-state index contributed by atoms with van der Waals surface area (Å²) in [5, 5.41) is 6.00. The van der Waals surface area contributed by atoms with Crippen molar-refractivity contribution in [3.8, 4) is 0 Å². The largest absolute Gasteiger partial charge is 0.444 e. The van der Waals surface area contributed by atoms with Crippen LogP contribution >= 0.6 is 11.8 Å². The molecule has 0 spiro atoms. The van der Waals surface area contributed by atoms with Crippen molar-refractivity contribution in [3.05, 3.63) is 57.0 Å². The molecule has 1 aliphatic rings. The molecule has 2 rings (SSSR count). The number of rotatable bonds is 3. The number of azide groups is 1. The van der Waals surface area contributed by atoms with Crippen LogP contribution in [0.5, 0.6) is 0 Å². The average Bonchev–Trinajstić information content (AvgIpc) is 2.88. The van der Waals surface area contributed by atoms with Crippen molar-refractivity contribution in [1.29, 1.82) is 0 Å². The lowest BCUT2D eigenvalue weighted by atomic mass is 10.2. The summed E-state index contributed by atoms with van der Waals surface area (Å²) >= 11 is 1.37. The summed E-state index contributed by atoms with van der Waals surface area (Å²) in [6.45, 7) is 5.48. The minimum absolute atomic E-state index is 0.0759. The lowest BCUT2D eigenvalue weighted by molar-refractivity contribution is 0.0357. The highest BCUT2D eigenvalue weighted by Gasteiger charge is 2.31. The molecule has 0 saturated carbocycles. The van der Waals surface area contributed by atoms with E-state index in [0.29, 0.717) is 11.1 Å². The third kappa shape index (κ3) is 3.87. The van der Waals surface area contributed by atoms with Gasteiger partial charge in [0.1, 0.15) is 5.60 Å². The maximum absolute atomic E-state index is 12.5. The molecule has 1 aromatic heterocycles. The highest BCUT2D eigenvalue weighted by Crippen LogP contribution is 2.42. The van der Waals surface area contributed by atoms with Crippen LogP contribution in [0.15, 0.2) is 40.7 Å². The zero-order valence-electron chi connectivity index (χ0n) is 12.6. The molecule has 0 bridgehead atoms. The van der Waals surface area contributed by atoms with Gasteiger partial charge in [0.05, 0.1) is 6.54 Å². The van der Waals surface area contributed by atoms with E-state index >= 15 is 0 Å². The highest BCUT2D eigenvalue weighted by molar-refractivity contribution is 8.05. The number of thioether (sulfide) groups is 1. The Hall–Kier alpha value is -2.31. The Morgan fingerprint density at radius 2 is 2.36 bits per heavy atom. The third-order valence-corrected chi connectivity index (χ3v) is 3.61. The summed E-state index contributed by atoms with van der Waals surface area (Å²) in [4.78, 5) is 20.7. The SMILES string of the molecule is CC(C)(C)OC(=O)N1C(CN=[N+]=[N-])=CS[C-]1c1cccnc1. The monoisotopic (exact) mass is 318 g/mol. The van der Waals surface area contributed by atoms with Crippen molar-refractivity contribution in [2.24, 2.45) is 5.11 Å². The van der Waals surface area contributed by atoms with E-state index < -0.39 is 11.7 Å². The molecule has 1 aliphatic heterocycles. The Labute approximate surface area is 133 Å². The Bertz CT molecular complexity index is 620. The van der Waals surface area contributed by atoms with Gasteiger partial charge in [0.2, 0.25) is 0 Å². The van der Waals surface area contributed by atoms with Gasteiger partial charge in [-0.15, -0.1) is 23.4 Å². The second-order valence-corrected chi connectivity index (χ2v) is 6.34.